The number of rotatable bonds is 2. The number of fused-ring (bicyclic) bond motifs is 1. The molecule has 1 fully saturated rings. The van der Waals surface area contributed by atoms with E-state index in [0.29, 0.717) is 22.3 Å². The van der Waals surface area contributed by atoms with Crippen molar-refractivity contribution in [2.75, 3.05) is 26.2 Å². The van der Waals surface area contributed by atoms with Crippen molar-refractivity contribution >= 4 is 16.8 Å². The monoisotopic (exact) mass is 404 g/mol. The van der Waals surface area contributed by atoms with E-state index in [9.17, 15) is 9.59 Å². The Labute approximate surface area is 176 Å². The topological polar surface area (TPSA) is 58.4 Å². The molecule has 0 N–H and O–H groups in total. The van der Waals surface area contributed by atoms with Crippen LogP contribution in [0.2, 0.25) is 0 Å². The first-order valence-electron chi connectivity index (χ1n) is 10.4. The summed E-state index contributed by atoms with van der Waals surface area (Å²) >= 11 is 0. The number of amides is 1. The summed E-state index contributed by atoms with van der Waals surface area (Å²) in [4.78, 5) is 34.6. The predicted molar refractivity (Wildman–Crippen MR) is 120 cm³/mol. The van der Waals surface area contributed by atoms with Crippen LogP contribution >= 0.6 is 0 Å². The molecule has 156 valence electrons. The van der Waals surface area contributed by atoms with Crippen molar-refractivity contribution in [1.29, 1.82) is 0 Å². The van der Waals surface area contributed by atoms with Gasteiger partial charge in [-0.15, -0.1) is 0 Å². The summed E-state index contributed by atoms with van der Waals surface area (Å²) in [5.41, 5.74) is 2.20. The highest BCUT2D eigenvalue weighted by atomic mass is 16.2. The summed E-state index contributed by atoms with van der Waals surface area (Å²) in [6.45, 7) is 9.86. The summed E-state index contributed by atoms with van der Waals surface area (Å²) in [6, 6.07) is 14.7. The lowest BCUT2D eigenvalue weighted by molar-refractivity contribution is 0.0451. The van der Waals surface area contributed by atoms with Crippen molar-refractivity contribution in [2.24, 2.45) is 7.05 Å². The molecule has 0 spiro atoms. The number of aromatic nitrogens is 2. The average Bonchev–Trinajstić information content (AvgIpc) is 2.75. The molecule has 0 atom stereocenters. The Bertz CT molecular complexity index is 1130. The molecule has 4 rings (SSSR count). The van der Waals surface area contributed by atoms with E-state index < -0.39 is 0 Å². The number of carbonyl (C=O) groups excluding carboxylic acids is 1. The molecule has 1 saturated heterocycles. The molecule has 2 aromatic carbocycles. The molecule has 0 bridgehead atoms. The van der Waals surface area contributed by atoms with Crippen molar-refractivity contribution in [3.63, 3.8) is 0 Å². The molecule has 1 aliphatic rings. The van der Waals surface area contributed by atoms with Crippen LogP contribution in [0, 0.1) is 0 Å². The molecule has 1 aliphatic heterocycles. The van der Waals surface area contributed by atoms with E-state index in [-0.39, 0.29) is 17.0 Å². The highest BCUT2D eigenvalue weighted by Crippen LogP contribution is 2.21. The van der Waals surface area contributed by atoms with Gasteiger partial charge in [0.25, 0.3) is 11.5 Å². The van der Waals surface area contributed by atoms with Gasteiger partial charge < -0.3 is 4.90 Å². The normalized spacial score (nSPS) is 15.5. The van der Waals surface area contributed by atoms with Gasteiger partial charge in [0, 0.05) is 49.9 Å². The minimum absolute atomic E-state index is 0.0514. The molecule has 6 nitrogen and oxygen atoms in total. The Balaban J connectivity index is 1.55. The summed E-state index contributed by atoms with van der Waals surface area (Å²) < 4.78 is 1.56. The van der Waals surface area contributed by atoms with Gasteiger partial charge in [-0.1, -0.05) is 24.3 Å². The quantitative estimate of drug-likeness (QED) is 0.658. The maximum Gasteiger partial charge on any atom is 0.261 e. The van der Waals surface area contributed by atoms with Crippen molar-refractivity contribution in [3.05, 3.63) is 64.4 Å². The fourth-order valence-electron chi connectivity index (χ4n) is 4.00. The standard InChI is InChI=1S/C24H28N4O2/c1-24(2,3)28-15-13-27(14-16-28)22(29)18-11-9-17(10-12-18)21-25-20-8-6-5-7-19(20)23(30)26(21)4/h5-12H,13-16H2,1-4H3. The molecular weight excluding hydrogens is 376 g/mol. The molecule has 2 heterocycles. The summed E-state index contributed by atoms with van der Waals surface area (Å²) in [7, 11) is 1.73. The van der Waals surface area contributed by atoms with Crippen LogP contribution in [0.3, 0.4) is 0 Å². The van der Waals surface area contributed by atoms with Gasteiger partial charge in [0.05, 0.1) is 10.9 Å². The maximum absolute atomic E-state index is 12.9. The average molecular weight is 405 g/mol. The second-order valence-corrected chi connectivity index (χ2v) is 8.84. The summed E-state index contributed by atoms with van der Waals surface area (Å²) in [5.74, 6) is 0.645. The molecular formula is C24H28N4O2. The predicted octanol–water partition coefficient (Wildman–Crippen LogP) is 3.16. The van der Waals surface area contributed by atoms with Crippen LogP contribution in [-0.4, -0.2) is 57.0 Å². The second-order valence-electron chi connectivity index (χ2n) is 8.84. The number of hydrogen-bond acceptors (Lipinski definition) is 4. The Morgan fingerprint density at radius 3 is 2.20 bits per heavy atom. The van der Waals surface area contributed by atoms with Gasteiger partial charge in [0.15, 0.2) is 0 Å². The van der Waals surface area contributed by atoms with Crippen molar-refractivity contribution in [1.82, 2.24) is 19.4 Å². The van der Waals surface area contributed by atoms with Crippen LogP contribution in [0.25, 0.3) is 22.3 Å². The molecule has 0 unspecified atom stereocenters. The van der Waals surface area contributed by atoms with Crippen LogP contribution in [0.4, 0.5) is 0 Å². The lowest BCUT2D eigenvalue weighted by atomic mass is 10.0. The molecule has 1 aromatic heterocycles. The number of piperazine rings is 1. The number of nitrogens with zero attached hydrogens (tertiary/aromatic N) is 4. The van der Waals surface area contributed by atoms with Gasteiger partial charge >= 0.3 is 0 Å². The lowest BCUT2D eigenvalue weighted by Crippen LogP contribution is -2.54. The minimum atomic E-state index is -0.0764. The first-order valence-corrected chi connectivity index (χ1v) is 10.4. The second kappa shape index (κ2) is 7.69. The Morgan fingerprint density at radius 2 is 1.57 bits per heavy atom. The molecule has 1 amide bonds. The van der Waals surface area contributed by atoms with Crippen LogP contribution in [0.1, 0.15) is 31.1 Å². The molecule has 0 saturated carbocycles. The van der Waals surface area contributed by atoms with Gasteiger partial charge in [-0.2, -0.15) is 0 Å². The van der Waals surface area contributed by atoms with E-state index in [1.807, 2.05) is 47.4 Å². The maximum atomic E-state index is 12.9. The van der Waals surface area contributed by atoms with Crippen LogP contribution in [-0.2, 0) is 7.05 Å². The van der Waals surface area contributed by atoms with Crippen LogP contribution < -0.4 is 5.56 Å². The van der Waals surface area contributed by atoms with Crippen LogP contribution in [0.5, 0.6) is 0 Å². The number of hydrogen-bond donors (Lipinski definition) is 0. The summed E-state index contributed by atoms with van der Waals surface area (Å²) in [6.07, 6.45) is 0. The minimum Gasteiger partial charge on any atom is -0.336 e. The van der Waals surface area contributed by atoms with E-state index in [1.165, 1.54) is 0 Å². The van der Waals surface area contributed by atoms with Crippen molar-refractivity contribution in [2.45, 2.75) is 26.3 Å². The van der Waals surface area contributed by atoms with E-state index in [1.54, 1.807) is 17.7 Å². The molecule has 0 aliphatic carbocycles. The van der Waals surface area contributed by atoms with Crippen molar-refractivity contribution < 1.29 is 4.79 Å². The highest BCUT2D eigenvalue weighted by molar-refractivity contribution is 5.94. The molecule has 6 heteroatoms. The van der Waals surface area contributed by atoms with E-state index in [4.69, 9.17) is 0 Å². The molecule has 0 radical (unpaired) electrons. The third-order valence-corrected chi connectivity index (χ3v) is 5.89. The van der Waals surface area contributed by atoms with E-state index in [2.05, 4.69) is 30.7 Å². The fourth-order valence-corrected chi connectivity index (χ4v) is 4.00. The number of carbonyl (C=O) groups is 1. The molecule has 3 aromatic rings. The smallest absolute Gasteiger partial charge is 0.261 e. The third-order valence-electron chi connectivity index (χ3n) is 5.89. The fraction of sp³-hybridized carbons (Fsp3) is 0.375. The third kappa shape index (κ3) is 3.75. The number of benzene rings is 2. The van der Waals surface area contributed by atoms with Crippen molar-refractivity contribution in [3.8, 4) is 11.4 Å². The first kappa shape index (κ1) is 20.3. The Morgan fingerprint density at radius 1 is 0.933 bits per heavy atom. The largest absolute Gasteiger partial charge is 0.336 e. The van der Waals surface area contributed by atoms with E-state index >= 15 is 0 Å². The van der Waals surface area contributed by atoms with E-state index in [0.717, 1.165) is 31.7 Å². The van der Waals surface area contributed by atoms with Gasteiger partial charge in [0.1, 0.15) is 5.82 Å². The lowest BCUT2D eigenvalue weighted by Gasteiger charge is -2.42. The highest BCUT2D eigenvalue weighted by Gasteiger charge is 2.28. The SMILES string of the molecule is Cn1c(-c2ccc(C(=O)N3CCN(C(C)(C)C)CC3)cc2)nc2ccccc2c1=O. The van der Waals surface area contributed by atoms with Gasteiger partial charge in [-0.25, -0.2) is 4.98 Å². The zero-order valence-electron chi connectivity index (χ0n) is 18.1. The number of para-hydroxylation sites is 1. The first-order chi connectivity index (χ1) is 14.3. The molecule has 30 heavy (non-hydrogen) atoms. The zero-order chi connectivity index (χ0) is 21.5. The Kier molecular flexibility index (Phi) is 5.20. The van der Waals surface area contributed by atoms with Gasteiger partial charge in [-0.3, -0.25) is 19.1 Å². The van der Waals surface area contributed by atoms with Gasteiger partial charge in [0.2, 0.25) is 0 Å². The summed E-state index contributed by atoms with van der Waals surface area (Å²) in [5, 5.41) is 0.602. The Hall–Kier alpha value is -2.99. The zero-order valence-corrected chi connectivity index (χ0v) is 18.1. The van der Waals surface area contributed by atoms with Gasteiger partial charge in [-0.05, 0) is 45.0 Å². The van der Waals surface area contributed by atoms with Crippen LogP contribution in [0.15, 0.2) is 53.3 Å².